The van der Waals surface area contributed by atoms with Crippen LogP contribution in [0.15, 0.2) is 41.0 Å². The van der Waals surface area contributed by atoms with E-state index < -0.39 is 0 Å². The standard InChI is InChI=1S/C14H17N3O2/c1-2-15-8-9-16-13(18)12-10-19-14(17-12)11-6-4-3-5-7-11/h3-7,10,15H,2,8-9H2,1H3,(H,16,18). The van der Waals surface area contributed by atoms with Crippen LogP contribution in [0.2, 0.25) is 0 Å². The SMILES string of the molecule is CCNCCNC(=O)c1coc(-c2ccccc2)n1. The summed E-state index contributed by atoms with van der Waals surface area (Å²) in [7, 11) is 0. The molecule has 2 rings (SSSR count). The number of hydrogen-bond acceptors (Lipinski definition) is 4. The maximum Gasteiger partial charge on any atom is 0.273 e. The van der Waals surface area contributed by atoms with Crippen molar-refractivity contribution in [1.82, 2.24) is 15.6 Å². The van der Waals surface area contributed by atoms with E-state index in [1.54, 1.807) is 0 Å². The van der Waals surface area contributed by atoms with E-state index in [-0.39, 0.29) is 5.91 Å². The fourth-order valence-electron chi connectivity index (χ4n) is 1.62. The highest BCUT2D eigenvalue weighted by Gasteiger charge is 2.12. The van der Waals surface area contributed by atoms with Crippen LogP contribution in [0.4, 0.5) is 0 Å². The van der Waals surface area contributed by atoms with Gasteiger partial charge in [-0.3, -0.25) is 4.79 Å². The van der Waals surface area contributed by atoms with Crippen molar-refractivity contribution in [2.45, 2.75) is 6.92 Å². The zero-order valence-electron chi connectivity index (χ0n) is 10.8. The summed E-state index contributed by atoms with van der Waals surface area (Å²) < 4.78 is 5.31. The molecule has 19 heavy (non-hydrogen) atoms. The average Bonchev–Trinajstić information content (AvgIpc) is 2.94. The molecule has 0 saturated heterocycles. The summed E-state index contributed by atoms with van der Waals surface area (Å²) >= 11 is 0. The molecule has 5 nitrogen and oxygen atoms in total. The molecule has 1 heterocycles. The number of carbonyl (C=O) groups excluding carboxylic acids is 1. The third-order valence-electron chi connectivity index (χ3n) is 2.59. The first-order chi connectivity index (χ1) is 9.31. The Bertz CT molecular complexity index is 522. The highest BCUT2D eigenvalue weighted by atomic mass is 16.3. The minimum atomic E-state index is -0.219. The molecule has 2 aromatic rings. The minimum absolute atomic E-state index is 0.219. The topological polar surface area (TPSA) is 67.2 Å². The third-order valence-corrected chi connectivity index (χ3v) is 2.59. The Labute approximate surface area is 112 Å². The fourth-order valence-corrected chi connectivity index (χ4v) is 1.62. The quantitative estimate of drug-likeness (QED) is 0.775. The summed E-state index contributed by atoms with van der Waals surface area (Å²) in [4.78, 5) is 16.0. The van der Waals surface area contributed by atoms with Gasteiger partial charge in [-0.2, -0.15) is 0 Å². The number of oxazole rings is 1. The van der Waals surface area contributed by atoms with Crippen molar-refractivity contribution >= 4 is 5.91 Å². The zero-order chi connectivity index (χ0) is 13.5. The molecule has 100 valence electrons. The number of nitrogens with zero attached hydrogens (tertiary/aromatic N) is 1. The van der Waals surface area contributed by atoms with Gasteiger partial charge in [-0.05, 0) is 18.7 Å². The molecule has 0 unspecified atom stereocenters. The summed E-state index contributed by atoms with van der Waals surface area (Å²) in [6, 6.07) is 9.49. The average molecular weight is 259 g/mol. The molecule has 0 aliphatic rings. The molecule has 5 heteroatoms. The zero-order valence-corrected chi connectivity index (χ0v) is 10.8. The predicted octanol–water partition coefficient (Wildman–Crippen LogP) is 1.68. The van der Waals surface area contributed by atoms with Gasteiger partial charge >= 0.3 is 0 Å². The largest absolute Gasteiger partial charge is 0.444 e. The third kappa shape index (κ3) is 3.66. The lowest BCUT2D eigenvalue weighted by atomic mass is 10.2. The molecular formula is C14H17N3O2. The van der Waals surface area contributed by atoms with Crippen LogP contribution in [0.5, 0.6) is 0 Å². The predicted molar refractivity (Wildman–Crippen MR) is 72.8 cm³/mol. The molecule has 0 radical (unpaired) electrons. The number of carbonyl (C=O) groups is 1. The molecule has 1 aromatic carbocycles. The second kappa shape index (κ2) is 6.70. The maximum atomic E-state index is 11.8. The molecule has 1 aromatic heterocycles. The van der Waals surface area contributed by atoms with Gasteiger partial charge in [0.2, 0.25) is 5.89 Å². The number of likely N-dealkylation sites (N-methyl/N-ethyl adjacent to an activating group) is 1. The summed E-state index contributed by atoms with van der Waals surface area (Å²) in [5.41, 5.74) is 1.16. The van der Waals surface area contributed by atoms with Crippen LogP contribution in [0, 0.1) is 0 Å². The van der Waals surface area contributed by atoms with E-state index in [9.17, 15) is 4.79 Å². The van der Waals surface area contributed by atoms with Crippen molar-refractivity contribution in [2.24, 2.45) is 0 Å². The molecule has 0 spiro atoms. The minimum Gasteiger partial charge on any atom is -0.444 e. The van der Waals surface area contributed by atoms with Gasteiger partial charge < -0.3 is 15.1 Å². The first-order valence-corrected chi connectivity index (χ1v) is 6.31. The van der Waals surface area contributed by atoms with Gasteiger partial charge in [0.1, 0.15) is 6.26 Å². The lowest BCUT2D eigenvalue weighted by Crippen LogP contribution is -2.31. The molecule has 1 amide bonds. The van der Waals surface area contributed by atoms with Crippen molar-refractivity contribution in [1.29, 1.82) is 0 Å². The van der Waals surface area contributed by atoms with Gasteiger partial charge in [0.15, 0.2) is 5.69 Å². The van der Waals surface area contributed by atoms with Crippen molar-refractivity contribution in [3.05, 3.63) is 42.3 Å². The van der Waals surface area contributed by atoms with Crippen LogP contribution in [0.3, 0.4) is 0 Å². The van der Waals surface area contributed by atoms with Crippen LogP contribution in [-0.4, -0.2) is 30.5 Å². The molecule has 0 aliphatic carbocycles. The number of benzene rings is 1. The fraction of sp³-hybridized carbons (Fsp3) is 0.286. The second-order valence-electron chi connectivity index (χ2n) is 4.01. The molecule has 0 aliphatic heterocycles. The van der Waals surface area contributed by atoms with Crippen molar-refractivity contribution < 1.29 is 9.21 Å². The van der Waals surface area contributed by atoms with E-state index in [0.29, 0.717) is 18.1 Å². The Morgan fingerprint density at radius 1 is 1.26 bits per heavy atom. The molecule has 2 N–H and O–H groups in total. The van der Waals surface area contributed by atoms with Gasteiger partial charge in [0.05, 0.1) is 0 Å². The highest BCUT2D eigenvalue weighted by Crippen LogP contribution is 2.17. The number of nitrogens with one attached hydrogen (secondary N) is 2. The Hall–Kier alpha value is -2.14. The Morgan fingerprint density at radius 2 is 2.05 bits per heavy atom. The Balaban J connectivity index is 1.95. The first kappa shape index (κ1) is 13.3. The highest BCUT2D eigenvalue weighted by molar-refractivity contribution is 5.92. The molecule has 0 bridgehead atoms. The van der Waals surface area contributed by atoms with E-state index in [2.05, 4.69) is 15.6 Å². The summed E-state index contributed by atoms with van der Waals surface area (Å²) in [6.07, 6.45) is 1.38. The first-order valence-electron chi connectivity index (χ1n) is 6.31. The van der Waals surface area contributed by atoms with Crippen molar-refractivity contribution in [2.75, 3.05) is 19.6 Å². The van der Waals surface area contributed by atoms with E-state index in [1.807, 2.05) is 37.3 Å². The molecule has 0 saturated carbocycles. The van der Waals surface area contributed by atoms with Gasteiger partial charge in [-0.1, -0.05) is 25.1 Å². The van der Waals surface area contributed by atoms with Crippen molar-refractivity contribution in [3.63, 3.8) is 0 Å². The Morgan fingerprint density at radius 3 is 2.79 bits per heavy atom. The Kier molecular flexibility index (Phi) is 4.69. The van der Waals surface area contributed by atoms with Crippen LogP contribution >= 0.6 is 0 Å². The van der Waals surface area contributed by atoms with E-state index in [0.717, 1.165) is 18.7 Å². The van der Waals surface area contributed by atoms with Crippen LogP contribution in [-0.2, 0) is 0 Å². The number of hydrogen-bond donors (Lipinski definition) is 2. The molecule has 0 atom stereocenters. The molecule has 0 fully saturated rings. The summed E-state index contributed by atoms with van der Waals surface area (Å²) in [5.74, 6) is 0.237. The van der Waals surface area contributed by atoms with Crippen LogP contribution in [0.1, 0.15) is 17.4 Å². The lowest BCUT2D eigenvalue weighted by molar-refractivity contribution is 0.0949. The number of rotatable bonds is 6. The smallest absolute Gasteiger partial charge is 0.273 e. The van der Waals surface area contributed by atoms with Gasteiger partial charge in [-0.15, -0.1) is 0 Å². The van der Waals surface area contributed by atoms with Crippen molar-refractivity contribution in [3.8, 4) is 11.5 Å². The maximum absolute atomic E-state index is 11.8. The molecular weight excluding hydrogens is 242 g/mol. The van der Waals surface area contributed by atoms with Gasteiger partial charge in [0.25, 0.3) is 5.91 Å². The normalized spacial score (nSPS) is 10.4. The monoisotopic (exact) mass is 259 g/mol. The van der Waals surface area contributed by atoms with E-state index in [4.69, 9.17) is 4.42 Å². The van der Waals surface area contributed by atoms with E-state index >= 15 is 0 Å². The van der Waals surface area contributed by atoms with Gasteiger partial charge in [0, 0.05) is 18.7 Å². The second-order valence-corrected chi connectivity index (χ2v) is 4.01. The van der Waals surface area contributed by atoms with E-state index in [1.165, 1.54) is 6.26 Å². The lowest BCUT2D eigenvalue weighted by Gasteiger charge is -2.02. The number of amides is 1. The van der Waals surface area contributed by atoms with Gasteiger partial charge in [-0.25, -0.2) is 4.98 Å². The van der Waals surface area contributed by atoms with Crippen LogP contribution in [0.25, 0.3) is 11.5 Å². The summed E-state index contributed by atoms with van der Waals surface area (Å²) in [5, 5.41) is 5.90. The number of aromatic nitrogens is 1. The van der Waals surface area contributed by atoms with Crippen LogP contribution < -0.4 is 10.6 Å². The summed E-state index contributed by atoms with van der Waals surface area (Å²) in [6.45, 7) is 4.22.